The van der Waals surface area contributed by atoms with Crippen molar-refractivity contribution >= 4 is 11.7 Å². The van der Waals surface area contributed by atoms with E-state index in [1.165, 1.54) is 25.7 Å². The van der Waals surface area contributed by atoms with Crippen molar-refractivity contribution in [3.8, 4) is 0 Å². The summed E-state index contributed by atoms with van der Waals surface area (Å²) in [7, 11) is 0. The fourth-order valence-electron chi connectivity index (χ4n) is 3.74. The number of nitrogens with one attached hydrogen (secondary N) is 1. The summed E-state index contributed by atoms with van der Waals surface area (Å²) < 4.78 is 0. The molecule has 0 radical (unpaired) electrons. The zero-order valence-corrected chi connectivity index (χ0v) is 11.8. The summed E-state index contributed by atoms with van der Waals surface area (Å²) >= 11 is 0. The van der Waals surface area contributed by atoms with Gasteiger partial charge in [0.2, 0.25) is 5.91 Å². The summed E-state index contributed by atoms with van der Waals surface area (Å²) in [5, 5.41) is 14.7. The van der Waals surface area contributed by atoms with E-state index in [1.807, 2.05) is 13.8 Å². The van der Waals surface area contributed by atoms with Crippen LogP contribution >= 0.6 is 0 Å². The van der Waals surface area contributed by atoms with Gasteiger partial charge in [-0.1, -0.05) is 25.4 Å². The molecule has 4 unspecified atom stereocenters. The van der Waals surface area contributed by atoms with Gasteiger partial charge in [0.15, 0.2) is 5.84 Å². The van der Waals surface area contributed by atoms with Crippen LogP contribution in [0.5, 0.6) is 0 Å². The number of nitrogens with two attached hydrogens (primary N) is 1. The fraction of sp³-hybridized carbons (Fsp3) is 0.857. The number of oxime groups is 1. The molecular formula is C14H25N3O2. The maximum Gasteiger partial charge on any atom is 0.220 e. The molecule has 108 valence electrons. The molecule has 2 rings (SSSR count). The van der Waals surface area contributed by atoms with Gasteiger partial charge in [0.25, 0.3) is 0 Å². The lowest BCUT2D eigenvalue weighted by atomic mass is 9.86. The van der Waals surface area contributed by atoms with Crippen LogP contribution in [-0.2, 0) is 4.79 Å². The predicted molar refractivity (Wildman–Crippen MR) is 73.7 cm³/mol. The monoisotopic (exact) mass is 267 g/mol. The smallest absolute Gasteiger partial charge is 0.220 e. The molecule has 2 aliphatic rings. The first-order chi connectivity index (χ1) is 9.01. The zero-order valence-electron chi connectivity index (χ0n) is 11.8. The standard InChI is InChI=1S/C14H25N3O2/c1-8(2)13(14(15)17-19)16-12(18)7-11-6-9-3-4-10(11)5-9/h8-11,13,19H,3-7H2,1-2H3,(H2,15,17)(H,16,18). The molecule has 5 nitrogen and oxygen atoms in total. The van der Waals surface area contributed by atoms with Gasteiger partial charge in [-0.05, 0) is 42.9 Å². The van der Waals surface area contributed by atoms with E-state index in [2.05, 4.69) is 10.5 Å². The Kier molecular flexibility index (Phi) is 4.32. The van der Waals surface area contributed by atoms with Gasteiger partial charge in [-0.3, -0.25) is 4.79 Å². The van der Waals surface area contributed by atoms with Crippen LogP contribution in [0.1, 0.15) is 46.0 Å². The molecule has 0 aromatic carbocycles. The number of hydrogen-bond donors (Lipinski definition) is 3. The van der Waals surface area contributed by atoms with Crippen LogP contribution in [0.4, 0.5) is 0 Å². The third kappa shape index (κ3) is 3.19. The van der Waals surface area contributed by atoms with Crippen LogP contribution < -0.4 is 11.1 Å². The highest BCUT2D eigenvalue weighted by atomic mass is 16.4. The van der Waals surface area contributed by atoms with Gasteiger partial charge in [-0.25, -0.2) is 0 Å². The first kappa shape index (κ1) is 14.2. The quantitative estimate of drug-likeness (QED) is 0.306. The van der Waals surface area contributed by atoms with Gasteiger partial charge in [0, 0.05) is 6.42 Å². The topological polar surface area (TPSA) is 87.7 Å². The Hall–Kier alpha value is -1.26. The van der Waals surface area contributed by atoms with E-state index < -0.39 is 0 Å². The number of carbonyl (C=O) groups excluding carboxylic acids is 1. The van der Waals surface area contributed by atoms with Gasteiger partial charge in [-0.2, -0.15) is 0 Å². The molecule has 1 amide bonds. The second kappa shape index (κ2) is 5.80. The third-order valence-electron chi connectivity index (χ3n) is 4.75. The van der Waals surface area contributed by atoms with Gasteiger partial charge in [-0.15, -0.1) is 0 Å². The Morgan fingerprint density at radius 3 is 2.63 bits per heavy atom. The van der Waals surface area contributed by atoms with E-state index in [4.69, 9.17) is 10.9 Å². The lowest BCUT2D eigenvalue weighted by Crippen LogP contribution is -2.48. The first-order valence-corrected chi connectivity index (χ1v) is 7.28. The average molecular weight is 267 g/mol. The van der Waals surface area contributed by atoms with E-state index in [0.717, 1.165) is 11.8 Å². The summed E-state index contributed by atoms with van der Waals surface area (Å²) in [4.78, 5) is 12.1. The number of hydrogen-bond acceptors (Lipinski definition) is 3. The Labute approximate surface area is 114 Å². The molecule has 0 saturated heterocycles. The lowest BCUT2D eigenvalue weighted by molar-refractivity contribution is -0.122. The van der Waals surface area contributed by atoms with Crippen LogP contribution in [0.15, 0.2) is 5.16 Å². The van der Waals surface area contributed by atoms with Crippen LogP contribution in [-0.4, -0.2) is 23.0 Å². The van der Waals surface area contributed by atoms with Crippen LogP contribution in [0.3, 0.4) is 0 Å². The number of carbonyl (C=O) groups is 1. The molecule has 19 heavy (non-hydrogen) atoms. The Morgan fingerprint density at radius 1 is 1.42 bits per heavy atom. The number of amides is 1. The average Bonchev–Trinajstić information content (AvgIpc) is 2.96. The summed E-state index contributed by atoms with van der Waals surface area (Å²) in [5.41, 5.74) is 5.62. The van der Waals surface area contributed by atoms with Crippen molar-refractivity contribution < 1.29 is 10.0 Å². The van der Waals surface area contributed by atoms with Gasteiger partial charge in [0.1, 0.15) is 0 Å². The summed E-state index contributed by atoms with van der Waals surface area (Å²) in [6.45, 7) is 3.89. The lowest BCUT2D eigenvalue weighted by Gasteiger charge is -2.24. The molecule has 5 heteroatoms. The molecule has 0 aromatic rings. The van der Waals surface area contributed by atoms with Crippen molar-refractivity contribution in [2.24, 2.45) is 34.6 Å². The van der Waals surface area contributed by atoms with Gasteiger partial charge >= 0.3 is 0 Å². The number of amidine groups is 1. The molecule has 0 heterocycles. The van der Waals surface area contributed by atoms with Crippen molar-refractivity contribution in [2.75, 3.05) is 0 Å². The minimum absolute atomic E-state index is 0.0304. The van der Waals surface area contributed by atoms with Crippen LogP contribution in [0.25, 0.3) is 0 Å². The number of fused-ring (bicyclic) bond motifs is 2. The SMILES string of the molecule is CC(C)C(NC(=O)CC1CC2CCC1C2)C(N)=NO. The maximum absolute atomic E-state index is 12.1. The van der Waals surface area contributed by atoms with Crippen molar-refractivity contribution in [2.45, 2.75) is 52.0 Å². The largest absolute Gasteiger partial charge is 0.409 e. The minimum atomic E-state index is -0.379. The Bertz CT molecular complexity index is 368. The molecule has 2 aliphatic carbocycles. The second-order valence-electron chi connectivity index (χ2n) is 6.45. The summed E-state index contributed by atoms with van der Waals surface area (Å²) in [6.07, 6.45) is 5.74. The molecule has 4 atom stereocenters. The van der Waals surface area contributed by atoms with Gasteiger partial charge in [0.05, 0.1) is 6.04 Å². The predicted octanol–water partition coefficient (Wildman–Crippen LogP) is 1.70. The first-order valence-electron chi connectivity index (χ1n) is 7.28. The molecular weight excluding hydrogens is 242 g/mol. The van der Waals surface area contributed by atoms with Crippen LogP contribution in [0, 0.1) is 23.7 Å². The number of rotatable bonds is 5. The third-order valence-corrected chi connectivity index (χ3v) is 4.75. The zero-order chi connectivity index (χ0) is 14.0. The molecule has 0 aromatic heterocycles. The van der Waals surface area contributed by atoms with Crippen molar-refractivity contribution in [3.63, 3.8) is 0 Å². The highest BCUT2D eigenvalue weighted by Gasteiger charge is 2.40. The second-order valence-corrected chi connectivity index (χ2v) is 6.45. The van der Waals surface area contributed by atoms with Gasteiger partial charge < -0.3 is 16.3 Å². The fourth-order valence-corrected chi connectivity index (χ4v) is 3.74. The highest BCUT2D eigenvalue weighted by Crippen LogP contribution is 2.49. The molecule has 2 bridgehead atoms. The van der Waals surface area contributed by atoms with Crippen molar-refractivity contribution in [3.05, 3.63) is 0 Å². The van der Waals surface area contributed by atoms with Crippen molar-refractivity contribution in [1.29, 1.82) is 0 Å². The molecule has 4 N–H and O–H groups in total. The number of nitrogens with zero attached hydrogens (tertiary/aromatic N) is 1. The Balaban J connectivity index is 1.86. The van der Waals surface area contributed by atoms with Crippen LogP contribution in [0.2, 0.25) is 0 Å². The Morgan fingerprint density at radius 2 is 2.16 bits per heavy atom. The van der Waals surface area contributed by atoms with E-state index in [-0.39, 0.29) is 23.7 Å². The molecule has 2 fully saturated rings. The van der Waals surface area contributed by atoms with E-state index in [0.29, 0.717) is 12.3 Å². The normalized spacial score (nSPS) is 31.7. The highest BCUT2D eigenvalue weighted by molar-refractivity contribution is 5.90. The molecule has 0 aliphatic heterocycles. The minimum Gasteiger partial charge on any atom is -0.409 e. The summed E-state index contributed by atoms with van der Waals surface area (Å²) in [5.74, 6) is 2.36. The molecule has 2 saturated carbocycles. The van der Waals surface area contributed by atoms with E-state index in [1.54, 1.807) is 0 Å². The summed E-state index contributed by atoms with van der Waals surface area (Å²) in [6, 6.07) is -0.379. The molecule has 0 spiro atoms. The maximum atomic E-state index is 12.1. The van der Waals surface area contributed by atoms with E-state index >= 15 is 0 Å². The van der Waals surface area contributed by atoms with Crippen molar-refractivity contribution in [1.82, 2.24) is 5.32 Å². The van der Waals surface area contributed by atoms with E-state index in [9.17, 15) is 4.79 Å².